The molecule has 3 aliphatic heterocycles. The minimum atomic E-state index is -0.927. The first-order valence-electron chi connectivity index (χ1n) is 17.4. The van der Waals surface area contributed by atoms with E-state index in [0.29, 0.717) is 68.0 Å². The van der Waals surface area contributed by atoms with Crippen molar-refractivity contribution in [1.82, 2.24) is 25.7 Å². The lowest BCUT2D eigenvalue weighted by Crippen LogP contribution is -2.51. The summed E-state index contributed by atoms with van der Waals surface area (Å²) in [7, 11) is 0. The third kappa shape index (κ3) is 7.84. The van der Waals surface area contributed by atoms with Crippen LogP contribution in [0, 0.1) is 0 Å². The van der Waals surface area contributed by atoms with E-state index in [9.17, 15) is 29.1 Å². The molecule has 14 nitrogen and oxygen atoms in total. The van der Waals surface area contributed by atoms with E-state index in [-0.39, 0.29) is 46.8 Å². The van der Waals surface area contributed by atoms with Gasteiger partial charge >= 0.3 is 0 Å². The van der Waals surface area contributed by atoms with Gasteiger partial charge in [0.15, 0.2) is 5.82 Å². The molecule has 0 radical (unpaired) electrons. The fraction of sp³-hybridized carbons (Fsp3) is 0.378. The number of piperidine rings is 2. The van der Waals surface area contributed by atoms with E-state index in [0.717, 1.165) is 36.3 Å². The summed E-state index contributed by atoms with van der Waals surface area (Å²) < 4.78 is 0. The van der Waals surface area contributed by atoms with Gasteiger partial charge in [-0.15, -0.1) is 10.2 Å². The summed E-state index contributed by atoms with van der Waals surface area (Å²) in [6, 6.07) is 12.6. The van der Waals surface area contributed by atoms with E-state index in [1.54, 1.807) is 30.3 Å². The summed E-state index contributed by atoms with van der Waals surface area (Å²) in [5, 5.41) is 27.0. The standard InChI is InChI=1S/C37H42N8O6/c1-22-15-16-28(35(49)39-22)45-36(50)25-10-8-11-26(33(25)37(45)51)41-32(48)14-5-3-2-4-13-31(47)40-23-17-19-44(20-18-23)29-21-27(42-43-34(29)38)24-9-6-7-12-30(24)46/h6-12,21,23,28,46H,1-5,13-20H2,(H2,38,43)(H,39,49)(H,40,47)(H,41,48). The molecule has 6 rings (SSSR count). The molecule has 51 heavy (non-hydrogen) atoms. The molecule has 5 amide bonds. The quantitative estimate of drug-likeness (QED) is 0.137. The number of para-hydroxylation sites is 1. The third-order valence-corrected chi connectivity index (χ3v) is 9.59. The van der Waals surface area contributed by atoms with Crippen molar-refractivity contribution in [2.45, 2.75) is 76.3 Å². The summed E-state index contributed by atoms with van der Waals surface area (Å²) in [5.74, 6) is -1.45. The maximum absolute atomic E-state index is 13.3. The molecule has 6 N–H and O–H groups in total. The van der Waals surface area contributed by atoms with Gasteiger partial charge in [0, 0.05) is 43.2 Å². The number of fused-ring (bicyclic) bond motifs is 1. The van der Waals surface area contributed by atoms with Crippen LogP contribution in [0.1, 0.15) is 84.9 Å². The first-order valence-corrected chi connectivity index (χ1v) is 17.4. The maximum Gasteiger partial charge on any atom is 0.264 e. The van der Waals surface area contributed by atoms with E-state index in [1.807, 2.05) is 12.1 Å². The lowest BCUT2D eigenvalue weighted by Gasteiger charge is -2.34. The summed E-state index contributed by atoms with van der Waals surface area (Å²) in [5.41, 5.74) is 9.07. The van der Waals surface area contributed by atoms with Gasteiger partial charge < -0.3 is 31.7 Å². The molecule has 2 aromatic carbocycles. The van der Waals surface area contributed by atoms with E-state index in [2.05, 4.69) is 37.6 Å². The number of aromatic nitrogens is 2. The molecule has 2 fully saturated rings. The highest BCUT2D eigenvalue weighted by atomic mass is 16.3. The Labute approximate surface area is 295 Å². The van der Waals surface area contributed by atoms with Gasteiger partial charge in [-0.25, -0.2) is 0 Å². The number of allylic oxidation sites excluding steroid dienone is 1. The summed E-state index contributed by atoms with van der Waals surface area (Å²) in [6.07, 6.45) is 5.72. The Kier molecular flexibility index (Phi) is 10.6. The zero-order chi connectivity index (χ0) is 36.1. The van der Waals surface area contributed by atoms with Crippen molar-refractivity contribution in [2.75, 3.05) is 29.0 Å². The van der Waals surface area contributed by atoms with Crippen molar-refractivity contribution < 1.29 is 29.1 Å². The molecule has 14 heteroatoms. The number of phenolic OH excluding ortho intramolecular Hbond substituents is 1. The monoisotopic (exact) mass is 694 g/mol. The average Bonchev–Trinajstić information content (AvgIpc) is 3.37. The minimum Gasteiger partial charge on any atom is -0.507 e. The van der Waals surface area contributed by atoms with E-state index in [4.69, 9.17) is 5.73 Å². The van der Waals surface area contributed by atoms with Crippen LogP contribution >= 0.6 is 0 Å². The number of rotatable bonds is 12. The minimum absolute atomic E-state index is 0.0000411. The molecule has 0 aliphatic carbocycles. The molecule has 4 heterocycles. The van der Waals surface area contributed by atoms with Crippen molar-refractivity contribution >= 4 is 46.7 Å². The van der Waals surface area contributed by atoms with Crippen molar-refractivity contribution in [3.8, 4) is 17.0 Å². The van der Waals surface area contributed by atoms with Crippen molar-refractivity contribution in [2.24, 2.45) is 0 Å². The maximum atomic E-state index is 13.3. The molecular formula is C37H42N8O6. The van der Waals surface area contributed by atoms with Gasteiger partial charge in [0.1, 0.15) is 11.8 Å². The lowest BCUT2D eigenvalue weighted by atomic mass is 10.0. The normalized spacial score (nSPS) is 17.7. The smallest absolute Gasteiger partial charge is 0.264 e. The van der Waals surface area contributed by atoms with Gasteiger partial charge in [0.25, 0.3) is 11.8 Å². The second-order valence-electron chi connectivity index (χ2n) is 13.2. The van der Waals surface area contributed by atoms with E-state index < -0.39 is 23.8 Å². The van der Waals surface area contributed by atoms with Crippen LogP contribution < -0.4 is 26.6 Å². The predicted molar refractivity (Wildman–Crippen MR) is 191 cm³/mol. The van der Waals surface area contributed by atoms with Gasteiger partial charge in [0.2, 0.25) is 17.7 Å². The highest BCUT2D eigenvalue weighted by Crippen LogP contribution is 2.34. The zero-order valence-electron chi connectivity index (χ0n) is 28.3. The first-order chi connectivity index (χ1) is 24.6. The van der Waals surface area contributed by atoms with E-state index in [1.165, 1.54) is 6.07 Å². The number of hydrogen-bond acceptors (Lipinski definition) is 10. The van der Waals surface area contributed by atoms with Crippen LogP contribution in [0.15, 0.2) is 60.8 Å². The predicted octanol–water partition coefficient (Wildman–Crippen LogP) is 3.88. The third-order valence-electron chi connectivity index (χ3n) is 9.59. The molecule has 266 valence electrons. The van der Waals surface area contributed by atoms with Crippen LogP contribution in [0.3, 0.4) is 0 Å². The summed E-state index contributed by atoms with van der Waals surface area (Å²) in [4.78, 5) is 67.4. The van der Waals surface area contributed by atoms with Crippen LogP contribution in [0.5, 0.6) is 5.75 Å². The first kappa shape index (κ1) is 35.1. The molecule has 0 bridgehead atoms. The number of hydrogen-bond donors (Lipinski definition) is 5. The van der Waals surface area contributed by atoms with E-state index >= 15 is 0 Å². The van der Waals surface area contributed by atoms with Crippen molar-refractivity contribution in [3.63, 3.8) is 0 Å². The topological polar surface area (TPSA) is 200 Å². The fourth-order valence-corrected chi connectivity index (χ4v) is 6.87. The number of carbonyl (C=O) groups is 5. The number of amides is 5. The molecular weight excluding hydrogens is 652 g/mol. The molecule has 2 saturated heterocycles. The summed E-state index contributed by atoms with van der Waals surface area (Å²) >= 11 is 0. The molecule has 0 spiro atoms. The van der Waals surface area contributed by atoms with Crippen LogP contribution in [0.25, 0.3) is 11.3 Å². The van der Waals surface area contributed by atoms with Gasteiger partial charge in [-0.1, -0.05) is 37.6 Å². The number of aromatic hydroxyl groups is 1. The van der Waals surface area contributed by atoms with Gasteiger partial charge in [-0.05, 0) is 68.9 Å². The highest BCUT2D eigenvalue weighted by molar-refractivity contribution is 6.25. The zero-order valence-corrected chi connectivity index (χ0v) is 28.3. The Bertz CT molecular complexity index is 1870. The van der Waals surface area contributed by atoms with Gasteiger partial charge in [-0.2, -0.15) is 0 Å². The number of phenols is 1. The van der Waals surface area contributed by atoms with Crippen LogP contribution in [0.4, 0.5) is 17.2 Å². The van der Waals surface area contributed by atoms with Crippen LogP contribution in [-0.2, 0) is 14.4 Å². The number of carbonyl (C=O) groups excluding carboxylic acids is 5. The van der Waals surface area contributed by atoms with Crippen LogP contribution in [-0.4, -0.2) is 74.9 Å². The number of imide groups is 1. The number of nitrogens with two attached hydrogens (primary N) is 1. The second-order valence-corrected chi connectivity index (χ2v) is 13.2. The molecule has 3 aromatic rings. The fourth-order valence-electron chi connectivity index (χ4n) is 6.87. The Morgan fingerprint density at radius 2 is 1.61 bits per heavy atom. The Morgan fingerprint density at radius 1 is 0.902 bits per heavy atom. The van der Waals surface area contributed by atoms with Gasteiger partial charge in [-0.3, -0.25) is 28.9 Å². The molecule has 1 aromatic heterocycles. The van der Waals surface area contributed by atoms with Crippen molar-refractivity contribution in [3.05, 3.63) is 71.9 Å². The largest absolute Gasteiger partial charge is 0.507 e. The number of unbranched alkanes of at least 4 members (excludes halogenated alkanes) is 3. The van der Waals surface area contributed by atoms with Crippen molar-refractivity contribution in [1.29, 1.82) is 0 Å². The number of anilines is 3. The Balaban J connectivity index is 0.892. The Hall–Kier alpha value is -5.79. The lowest BCUT2D eigenvalue weighted by molar-refractivity contribution is -0.125. The SMILES string of the molecule is C=C1CCC(N2C(=O)c3cccc(NC(=O)CCCCCCC(=O)NC4CCN(c5cc(-c6ccccc6O)nnc5N)CC4)c3C2=O)C(=O)N1. The Morgan fingerprint density at radius 3 is 2.33 bits per heavy atom. The second kappa shape index (κ2) is 15.4. The number of nitrogens with zero attached hydrogens (tertiary/aromatic N) is 4. The number of benzene rings is 2. The van der Waals surface area contributed by atoms with Crippen LogP contribution in [0.2, 0.25) is 0 Å². The van der Waals surface area contributed by atoms with Gasteiger partial charge in [0.05, 0.1) is 28.2 Å². The molecule has 1 atom stereocenters. The highest BCUT2D eigenvalue weighted by Gasteiger charge is 2.45. The number of nitrogen functional groups attached to an aromatic ring is 1. The number of nitrogens with one attached hydrogen (secondary N) is 3. The average molecular weight is 695 g/mol. The summed E-state index contributed by atoms with van der Waals surface area (Å²) in [6.45, 7) is 5.12. The molecule has 3 aliphatic rings. The molecule has 0 saturated carbocycles. The molecule has 1 unspecified atom stereocenters.